The number of esters is 1. The molecule has 1 unspecified atom stereocenters. The fourth-order valence-electron chi connectivity index (χ4n) is 2.79. The summed E-state index contributed by atoms with van der Waals surface area (Å²) in [7, 11) is 1.90. The summed E-state index contributed by atoms with van der Waals surface area (Å²) in [5, 5.41) is 3.14. The maximum atomic E-state index is 12.1. The Morgan fingerprint density at radius 1 is 1.38 bits per heavy atom. The molecule has 0 aromatic rings. The zero-order valence-electron chi connectivity index (χ0n) is 10.8. The van der Waals surface area contributed by atoms with Crippen LogP contribution in [0.15, 0.2) is 0 Å². The molecule has 0 saturated heterocycles. The van der Waals surface area contributed by atoms with Crippen molar-refractivity contribution in [3.8, 4) is 0 Å². The van der Waals surface area contributed by atoms with Gasteiger partial charge >= 0.3 is 5.97 Å². The molecule has 0 aromatic heterocycles. The Hall–Kier alpha value is -0.570. The fourth-order valence-corrected chi connectivity index (χ4v) is 2.79. The van der Waals surface area contributed by atoms with Gasteiger partial charge < -0.3 is 10.1 Å². The largest absolute Gasteiger partial charge is 0.466 e. The van der Waals surface area contributed by atoms with Crippen molar-refractivity contribution in [2.75, 3.05) is 20.2 Å². The molecule has 0 aliphatic heterocycles. The highest BCUT2D eigenvalue weighted by molar-refractivity contribution is 5.77. The van der Waals surface area contributed by atoms with Crippen LogP contribution in [0.25, 0.3) is 0 Å². The highest BCUT2D eigenvalue weighted by Gasteiger charge is 2.42. The lowest BCUT2D eigenvalue weighted by molar-refractivity contribution is -0.158. The molecule has 0 amide bonds. The van der Waals surface area contributed by atoms with Crippen molar-refractivity contribution in [3.63, 3.8) is 0 Å². The second-order valence-corrected chi connectivity index (χ2v) is 5.00. The Kier molecular flexibility index (Phi) is 5.26. The van der Waals surface area contributed by atoms with Gasteiger partial charge in [0.25, 0.3) is 0 Å². The zero-order chi connectivity index (χ0) is 12.0. The summed E-state index contributed by atoms with van der Waals surface area (Å²) >= 11 is 0. The van der Waals surface area contributed by atoms with Crippen molar-refractivity contribution in [1.82, 2.24) is 5.32 Å². The van der Waals surface area contributed by atoms with E-state index in [2.05, 4.69) is 12.2 Å². The number of carbonyl (C=O) groups is 1. The predicted molar refractivity (Wildman–Crippen MR) is 65.2 cm³/mol. The van der Waals surface area contributed by atoms with Crippen molar-refractivity contribution < 1.29 is 9.53 Å². The van der Waals surface area contributed by atoms with Crippen molar-refractivity contribution >= 4 is 5.97 Å². The van der Waals surface area contributed by atoms with Crippen LogP contribution in [0.5, 0.6) is 0 Å². The molecule has 94 valence electrons. The third-order valence-corrected chi connectivity index (χ3v) is 3.79. The van der Waals surface area contributed by atoms with Crippen LogP contribution in [-0.4, -0.2) is 26.2 Å². The summed E-state index contributed by atoms with van der Waals surface area (Å²) in [6.45, 7) is 5.12. The fraction of sp³-hybridized carbons (Fsp3) is 0.923. The molecule has 1 aliphatic carbocycles. The van der Waals surface area contributed by atoms with Gasteiger partial charge in [-0.2, -0.15) is 0 Å². The van der Waals surface area contributed by atoms with Gasteiger partial charge in [0.1, 0.15) is 0 Å². The average molecular weight is 227 g/mol. The molecular formula is C13H25NO2. The van der Waals surface area contributed by atoms with E-state index in [4.69, 9.17) is 4.74 Å². The van der Waals surface area contributed by atoms with Gasteiger partial charge in [-0.25, -0.2) is 0 Å². The van der Waals surface area contributed by atoms with Gasteiger partial charge in [0.15, 0.2) is 0 Å². The monoisotopic (exact) mass is 227 g/mol. The summed E-state index contributed by atoms with van der Waals surface area (Å²) in [6, 6.07) is 0. The molecular weight excluding hydrogens is 202 g/mol. The van der Waals surface area contributed by atoms with E-state index in [0.717, 1.165) is 19.4 Å². The first kappa shape index (κ1) is 13.5. The van der Waals surface area contributed by atoms with E-state index in [1.54, 1.807) is 0 Å². The van der Waals surface area contributed by atoms with Crippen molar-refractivity contribution in [2.45, 2.75) is 46.0 Å². The van der Waals surface area contributed by atoms with Gasteiger partial charge in [0.2, 0.25) is 0 Å². The van der Waals surface area contributed by atoms with Crippen LogP contribution in [0, 0.1) is 11.3 Å². The van der Waals surface area contributed by atoms with Gasteiger partial charge in [-0.1, -0.05) is 19.3 Å². The van der Waals surface area contributed by atoms with E-state index >= 15 is 0 Å². The van der Waals surface area contributed by atoms with Gasteiger partial charge in [0.05, 0.1) is 12.0 Å². The maximum Gasteiger partial charge on any atom is 0.313 e. The molecule has 0 radical (unpaired) electrons. The molecule has 3 heteroatoms. The standard InChI is InChI=1S/C13H25NO2/c1-4-16-12(15)13(2,10-14-3)11-8-6-5-7-9-11/h11,14H,4-10H2,1-3H3. The number of carbonyl (C=O) groups excluding carboxylic acids is 1. The number of ether oxygens (including phenoxy) is 1. The highest BCUT2D eigenvalue weighted by atomic mass is 16.5. The van der Waals surface area contributed by atoms with E-state index < -0.39 is 0 Å². The van der Waals surface area contributed by atoms with E-state index in [9.17, 15) is 4.79 Å². The highest BCUT2D eigenvalue weighted by Crippen LogP contribution is 2.39. The molecule has 0 spiro atoms. The molecule has 1 atom stereocenters. The molecule has 1 fully saturated rings. The van der Waals surface area contributed by atoms with E-state index in [1.807, 2.05) is 14.0 Å². The third kappa shape index (κ3) is 2.97. The van der Waals surface area contributed by atoms with Crippen molar-refractivity contribution in [3.05, 3.63) is 0 Å². The van der Waals surface area contributed by atoms with Crippen LogP contribution in [0.3, 0.4) is 0 Å². The third-order valence-electron chi connectivity index (χ3n) is 3.79. The molecule has 3 nitrogen and oxygen atoms in total. The Morgan fingerprint density at radius 2 is 2.00 bits per heavy atom. The smallest absolute Gasteiger partial charge is 0.313 e. The summed E-state index contributed by atoms with van der Waals surface area (Å²) < 4.78 is 5.23. The summed E-state index contributed by atoms with van der Waals surface area (Å²) in [5.74, 6) is 0.448. The van der Waals surface area contributed by atoms with Gasteiger partial charge in [0, 0.05) is 6.54 Å². The lowest BCUT2D eigenvalue weighted by atomic mass is 9.69. The first-order chi connectivity index (χ1) is 7.65. The first-order valence-corrected chi connectivity index (χ1v) is 6.47. The number of rotatable bonds is 5. The molecule has 0 heterocycles. The van der Waals surface area contributed by atoms with Crippen LogP contribution >= 0.6 is 0 Å². The van der Waals surface area contributed by atoms with Crippen LogP contribution in [0.1, 0.15) is 46.0 Å². The predicted octanol–water partition coefficient (Wildman–Crippen LogP) is 2.36. The molecule has 1 aliphatic rings. The lowest BCUT2D eigenvalue weighted by Crippen LogP contribution is -2.45. The van der Waals surface area contributed by atoms with Gasteiger partial charge in [-0.3, -0.25) is 4.79 Å². The minimum absolute atomic E-state index is 0.0312. The zero-order valence-corrected chi connectivity index (χ0v) is 10.8. The van der Waals surface area contributed by atoms with Crippen LogP contribution in [0.2, 0.25) is 0 Å². The maximum absolute atomic E-state index is 12.1. The van der Waals surface area contributed by atoms with E-state index in [1.165, 1.54) is 19.3 Å². The normalized spacial score (nSPS) is 21.4. The van der Waals surface area contributed by atoms with E-state index in [-0.39, 0.29) is 11.4 Å². The molecule has 1 rings (SSSR count). The molecule has 0 bridgehead atoms. The second-order valence-electron chi connectivity index (χ2n) is 5.00. The summed E-state index contributed by atoms with van der Waals surface area (Å²) in [4.78, 5) is 12.1. The van der Waals surface area contributed by atoms with Crippen molar-refractivity contribution in [2.24, 2.45) is 11.3 Å². The lowest BCUT2D eigenvalue weighted by Gasteiger charge is -2.37. The van der Waals surface area contributed by atoms with Gasteiger partial charge in [-0.05, 0) is 39.7 Å². The van der Waals surface area contributed by atoms with Crippen LogP contribution in [-0.2, 0) is 9.53 Å². The number of nitrogens with one attached hydrogen (secondary N) is 1. The topological polar surface area (TPSA) is 38.3 Å². The minimum Gasteiger partial charge on any atom is -0.466 e. The molecule has 1 saturated carbocycles. The second kappa shape index (κ2) is 6.24. The number of hydrogen-bond acceptors (Lipinski definition) is 3. The molecule has 0 aromatic carbocycles. The van der Waals surface area contributed by atoms with E-state index in [0.29, 0.717) is 12.5 Å². The molecule has 1 N–H and O–H groups in total. The minimum atomic E-state index is -0.342. The average Bonchev–Trinajstić information content (AvgIpc) is 2.30. The number of hydrogen-bond donors (Lipinski definition) is 1. The Morgan fingerprint density at radius 3 is 2.50 bits per heavy atom. The van der Waals surface area contributed by atoms with Crippen molar-refractivity contribution in [1.29, 1.82) is 0 Å². The molecule has 16 heavy (non-hydrogen) atoms. The summed E-state index contributed by atoms with van der Waals surface area (Å²) in [5.41, 5.74) is -0.342. The Balaban J connectivity index is 2.72. The Labute approximate surface area is 98.9 Å². The first-order valence-electron chi connectivity index (χ1n) is 6.47. The van der Waals surface area contributed by atoms with Crippen LogP contribution in [0.4, 0.5) is 0 Å². The van der Waals surface area contributed by atoms with Gasteiger partial charge in [-0.15, -0.1) is 0 Å². The SMILES string of the molecule is CCOC(=O)C(C)(CNC)C1CCCCC1. The summed E-state index contributed by atoms with van der Waals surface area (Å²) in [6.07, 6.45) is 6.15. The quantitative estimate of drug-likeness (QED) is 0.733. The Bertz CT molecular complexity index is 224. The van der Waals surface area contributed by atoms with Crippen LogP contribution < -0.4 is 5.32 Å².